The van der Waals surface area contributed by atoms with E-state index < -0.39 is 0 Å². The Balaban J connectivity index is 1.59. The van der Waals surface area contributed by atoms with Gasteiger partial charge in [-0.3, -0.25) is 5.10 Å². The van der Waals surface area contributed by atoms with E-state index in [9.17, 15) is 0 Å². The fourth-order valence-corrected chi connectivity index (χ4v) is 2.29. The number of aromatic amines is 1. The lowest BCUT2D eigenvalue weighted by atomic mass is 10.1. The van der Waals surface area contributed by atoms with Crippen LogP contribution in [0.4, 0.5) is 0 Å². The Bertz CT molecular complexity index is 552. The van der Waals surface area contributed by atoms with Crippen LogP contribution < -0.4 is 0 Å². The summed E-state index contributed by atoms with van der Waals surface area (Å²) in [6.45, 7) is 1.47. The van der Waals surface area contributed by atoms with Gasteiger partial charge in [0.25, 0.3) is 5.89 Å². The minimum absolute atomic E-state index is 0.268. The molecule has 6 heteroatoms. The maximum absolute atomic E-state index is 5.33. The first-order valence-corrected chi connectivity index (χ1v) is 6.37. The van der Waals surface area contributed by atoms with E-state index in [4.69, 9.17) is 9.26 Å². The first kappa shape index (κ1) is 10.3. The van der Waals surface area contributed by atoms with Crippen molar-refractivity contribution in [3.63, 3.8) is 0 Å². The molecule has 1 saturated carbocycles. The molecule has 0 radical (unpaired) electrons. The van der Waals surface area contributed by atoms with Gasteiger partial charge >= 0.3 is 0 Å². The van der Waals surface area contributed by atoms with E-state index in [0.29, 0.717) is 18.4 Å². The summed E-state index contributed by atoms with van der Waals surface area (Å²) in [5.74, 6) is 2.15. The fraction of sp³-hybridized carbons (Fsp3) is 0.583. The lowest BCUT2D eigenvalue weighted by Crippen LogP contribution is -1.99. The van der Waals surface area contributed by atoms with Gasteiger partial charge in [-0.15, -0.1) is 0 Å². The largest absolute Gasteiger partial charge is 0.381 e. The SMILES string of the molecule is c1c(-c2nc([C@@H]3CCOC3)no2)n[nH]c1C1CC1. The average Bonchev–Trinajstić information content (AvgIpc) is 2.91. The zero-order valence-corrected chi connectivity index (χ0v) is 9.93. The molecule has 1 atom stereocenters. The predicted molar refractivity (Wildman–Crippen MR) is 62.0 cm³/mol. The number of H-pyrrole nitrogens is 1. The Morgan fingerprint density at radius 3 is 2.94 bits per heavy atom. The lowest BCUT2D eigenvalue weighted by Gasteiger charge is -1.97. The van der Waals surface area contributed by atoms with Crippen LogP contribution in [0.25, 0.3) is 11.6 Å². The summed E-state index contributed by atoms with van der Waals surface area (Å²) in [7, 11) is 0. The summed E-state index contributed by atoms with van der Waals surface area (Å²) in [5, 5.41) is 11.3. The number of rotatable bonds is 3. The van der Waals surface area contributed by atoms with Crippen molar-refractivity contribution in [1.82, 2.24) is 20.3 Å². The number of nitrogens with zero attached hydrogens (tertiary/aromatic N) is 3. The monoisotopic (exact) mass is 246 g/mol. The molecule has 0 amide bonds. The van der Waals surface area contributed by atoms with Gasteiger partial charge in [0.1, 0.15) is 0 Å². The van der Waals surface area contributed by atoms with Crippen LogP contribution in [0.2, 0.25) is 0 Å². The van der Waals surface area contributed by atoms with Gasteiger partial charge in [0, 0.05) is 24.1 Å². The zero-order chi connectivity index (χ0) is 11.9. The highest BCUT2D eigenvalue weighted by atomic mass is 16.5. The molecule has 1 aliphatic heterocycles. The summed E-state index contributed by atoms with van der Waals surface area (Å²) < 4.78 is 10.6. The Kier molecular flexibility index (Phi) is 2.23. The van der Waals surface area contributed by atoms with Crippen LogP contribution in [0, 0.1) is 0 Å². The average molecular weight is 246 g/mol. The molecule has 2 aromatic heterocycles. The van der Waals surface area contributed by atoms with E-state index in [-0.39, 0.29) is 5.92 Å². The first-order chi connectivity index (χ1) is 8.90. The Morgan fingerprint density at radius 1 is 1.22 bits per heavy atom. The molecule has 4 rings (SSSR count). The molecule has 2 aromatic rings. The molecule has 3 heterocycles. The van der Waals surface area contributed by atoms with Crippen molar-refractivity contribution in [2.75, 3.05) is 13.2 Å². The lowest BCUT2D eigenvalue weighted by molar-refractivity contribution is 0.192. The van der Waals surface area contributed by atoms with Crippen LogP contribution in [-0.2, 0) is 4.74 Å². The highest BCUT2D eigenvalue weighted by molar-refractivity contribution is 5.47. The van der Waals surface area contributed by atoms with Crippen LogP contribution in [0.5, 0.6) is 0 Å². The van der Waals surface area contributed by atoms with Crippen LogP contribution in [0.1, 0.15) is 42.6 Å². The summed E-state index contributed by atoms with van der Waals surface area (Å²) in [6.07, 6.45) is 3.46. The quantitative estimate of drug-likeness (QED) is 0.894. The van der Waals surface area contributed by atoms with Crippen LogP contribution >= 0.6 is 0 Å². The van der Waals surface area contributed by atoms with Crippen molar-refractivity contribution in [3.05, 3.63) is 17.6 Å². The molecule has 1 saturated heterocycles. The molecule has 1 aliphatic carbocycles. The maximum atomic E-state index is 5.33. The third-order valence-corrected chi connectivity index (χ3v) is 3.57. The van der Waals surface area contributed by atoms with E-state index in [1.165, 1.54) is 18.5 Å². The molecule has 1 N–H and O–H groups in total. The standard InChI is InChI=1S/C12H14N4O2/c1-2-7(1)9-5-10(15-14-9)12-13-11(16-18-12)8-3-4-17-6-8/h5,7-8H,1-4,6H2,(H,14,15)/t8-/m1/s1. The summed E-state index contributed by atoms with van der Waals surface area (Å²) >= 11 is 0. The second-order valence-corrected chi connectivity index (χ2v) is 5.00. The molecule has 6 nitrogen and oxygen atoms in total. The van der Waals surface area contributed by atoms with Crippen molar-refractivity contribution in [3.8, 4) is 11.6 Å². The van der Waals surface area contributed by atoms with E-state index >= 15 is 0 Å². The molecule has 0 aromatic carbocycles. The van der Waals surface area contributed by atoms with Crippen molar-refractivity contribution in [2.24, 2.45) is 0 Å². The highest BCUT2D eigenvalue weighted by Gasteiger charge is 2.27. The number of hydrogen-bond acceptors (Lipinski definition) is 5. The smallest absolute Gasteiger partial charge is 0.278 e. The maximum Gasteiger partial charge on any atom is 0.278 e. The molecule has 94 valence electrons. The fourth-order valence-electron chi connectivity index (χ4n) is 2.29. The van der Waals surface area contributed by atoms with Gasteiger partial charge in [0.2, 0.25) is 0 Å². The van der Waals surface area contributed by atoms with Gasteiger partial charge in [0.15, 0.2) is 11.5 Å². The third kappa shape index (κ3) is 1.73. The summed E-state index contributed by atoms with van der Waals surface area (Å²) in [5.41, 5.74) is 1.92. The molecule has 0 spiro atoms. The van der Waals surface area contributed by atoms with Gasteiger partial charge in [0.05, 0.1) is 6.61 Å². The molecule has 2 aliphatic rings. The molecular formula is C12H14N4O2. The Hall–Kier alpha value is -1.69. The van der Waals surface area contributed by atoms with E-state index in [1.54, 1.807) is 0 Å². The van der Waals surface area contributed by atoms with Gasteiger partial charge < -0.3 is 9.26 Å². The number of nitrogens with one attached hydrogen (secondary N) is 1. The van der Waals surface area contributed by atoms with Crippen LogP contribution in [-0.4, -0.2) is 33.6 Å². The van der Waals surface area contributed by atoms with Crippen molar-refractivity contribution in [2.45, 2.75) is 31.1 Å². The highest BCUT2D eigenvalue weighted by Crippen LogP contribution is 2.39. The first-order valence-electron chi connectivity index (χ1n) is 6.37. The van der Waals surface area contributed by atoms with Crippen LogP contribution in [0.3, 0.4) is 0 Å². The zero-order valence-electron chi connectivity index (χ0n) is 9.93. The topological polar surface area (TPSA) is 76.8 Å². The normalized spacial score (nSPS) is 23.7. The van der Waals surface area contributed by atoms with Gasteiger partial charge in [-0.05, 0) is 25.3 Å². The van der Waals surface area contributed by atoms with Crippen molar-refractivity contribution < 1.29 is 9.26 Å². The molecular weight excluding hydrogens is 232 g/mol. The number of hydrogen-bond donors (Lipinski definition) is 1. The number of aromatic nitrogens is 4. The minimum atomic E-state index is 0.268. The van der Waals surface area contributed by atoms with E-state index in [0.717, 1.165) is 24.5 Å². The third-order valence-electron chi connectivity index (χ3n) is 3.57. The Morgan fingerprint density at radius 2 is 2.17 bits per heavy atom. The summed E-state index contributed by atoms with van der Waals surface area (Å²) in [6, 6.07) is 2.01. The molecule has 2 fully saturated rings. The Labute approximate surface area is 104 Å². The van der Waals surface area contributed by atoms with Gasteiger partial charge in [-0.2, -0.15) is 10.1 Å². The number of ether oxygens (including phenoxy) is 1. The van der Waals surface area contributed by atoms with Gasteiger partial charge in [-0.25, -0.2) is 0 Å². The van der Waals surface area contributed by atoms with Gasteiger partial charge in [-0.1, -0.05) is 5.16 Å². The minimum Gasteiger partial charge on any atom is -0.381 e. The second kappa shape index (κ2) is 3.91. The van der Waals surface area contributed by atoms with Crippen molar-refractivity contribution in [1.29, 1.82) is 0 Å². The predicted octanol–water partition coefficient (Wildman–Crippen LogP) is 1.84. The molecule has 0 unspecified atom stereocenters. The van der Waals surface area contributed by atoms with Crippen molar-refractivity contribution >= 4 is 0 Å². The molecule has 0 bridgehead atoms. The van der Waals surface area contributed by atoms with E-state index in [2.05, 4.69) is 20.3 Å². The molecule has 18 heavy (non-hydrogen) atoms. The van der Waals surface area contributed by atoms with E-state index in [1.807, 2.05) is 6.07 Å². The van der Waals surface area contributed by atoms with Crippen LogP contribution in [0.15, 0.2) is 10.6 Å². The second-order valence-electron chi connectivity index (χ2n) is 5.00. The summed E-state index contributed by atoms with van der Waals surface area (Å²) in [4.78, 5) is 4.42.